The Labute approximate surface area is 114 Å². The van der Waals surface area contributed by atoms with Crippen molar-refractivity contribution in [2.45, 2.75) is 39.3 Å². The molecular weight excluding hydrogens is 264 g/mol. The zero-order chi connectivity index (χ0) is 14.1. The topological polar surface area (TPSA) is 58.6 Å². The maximum Gasteiger partial charge on any atom is 0.301 e. The van der Waals surface area contributed by atoms with Crippen molar-refractivity contribution in [2.24, 2.45) is 0 Å². The molecule has 1 aromatic carbocycles. The predicted molar refractivity (Wildman–Crippen MR) is 73.4 cm³/mol. The van der Waals surface area contributed by atoms with E-state index in [0.717, 1.165) is 12.0 Å². The minimum Gasteiger partial charge on any atom is -0.280 e. The zero-order valence-corrected chi connectivity index (χ0v) is 12.3. The van der Waals surface area contributed by atoms with Crippen LogP contribution in [0.1, 0.15) is 31.9 Å². The number of nitrogens with one attached hydrogen (secondary N) is 1. The van der Waals surface area contributed by atoms with E-state index in [0.29, 0.717) is 13.1 Å². The van der Waals surface area contributed by atoms with Gasteiger partial charge in [0, 0.05) is 13.1 Å². The lowest BCUT2D eigenvalue weighted by molar-refractivity contribution is -0.0383. The molecular formula is C13H20N2O3S. The minimum atomic E-state index is -3.60. The quantitative estimate of drug-likeness (QED) is 0.858. The average molecular weight is 284 g/mol. The van der Waals surface area contributed by atoms with Gasteiger partial charge in [-0.3, -0.25) is 4.84 Å². The lowest BCUT2D eigenvalue weighted by Crippen LogP contribution is -2.45. The molecule has 0 atom stereocenters. The van der Waals surface area contributed by atoms with Crippen molar-refractivity contribution in [3.63, 3.8) is 0 Å². The molecule has 2 rings (SSSR count). The van der Waals surface area contributed by atoms with Crippen molar-refractivity contribution >= 4 is 10.2 Å². The largest absolute Gasteiger partial charge is 0.301 e. The van der Waals surface area contributed by atoms with Gasteiger partial charge in [-0.1, -0.05) is 29.2 Å². The highest BCUT2D eigenvalue weighted by Crippen LogP contribution is 2.20. The fraction of sp³-hybridized carbons (Fsp3) is 0.538. The second-order valence-electron chi connectivity index (χ2n) is 5.66. The molecule has 0 saturated heterocycles. The minimum absolute atomic E-state index is 0.388. The summed E-state index contributed by atoms with van der Waals surface area (Å²) >= 11 is 0. The molecule has 1 heterocycles. The van der Waals surface area contributed by atoms with E-state index >= 15 is 0 Å². The monoisotopic (exact) mass is 284 g/mol. The van der Waals surface area contributed by atoms with Gasteiger partial charge in [0.15, 0.2) is 0 Å². The molecule has 1 aromatic rings. The van der Waals surface area contributed by atoms with Gasteiger partial charge in [0.2, 0.25) is 0 Å². The predicted octanol–water partition coefficient (Wildman–Crippen LogP) is 1.61. The smallest absolute Gasteiger partial charge is 0.280 e. The van der Waals surface area contributed by atoms with Crippen LogP contribution in [0.4, 0.5) is 0 Å². The number of fused-ring (bicyclic) bond motifs is 1. The van der Waals surface area contributed by atoms with Gasteiger partial charge in [-0.25, -0.2) is 0 Å². The lowest BCUT2D eigenvalue weighted by Gasteiger charge is -2.29. The molecule has 0 spiro atoms. The molecule has 106 valence electrons. The highest BCUT2D eigenvalue weighted by Gasteiger charge is 2.28. The molecule has 19 heavy (non-hydrogen) atoms. The van der Waals surface area contributed by atoms with E-state index in [2.05, 4.69) is 4.89 Å². The number of rotatable bonds is 3. The highest BCUT2D eigenvalue weighted by atomic mass is 32.2. The van der Waals surface area contributed by atoms with Gasteiger partial charge in [-0.2, -0.15) is 12.7 Å². The van der Waals surface area contributed by atoms with E-state index < -0.39 is 15.8 Å². The van der Waals surface area contributed by atoms with E-state index in [1.54, 1.807) is 20.8 Å². The van der Waals surface area contributed by atoms with Gasteiger partial charge in [0.1, 0.15) is 0 Å². The Morgan fingerprint density at radius 1 is 1.21 bits per heavy atom. The van der Waals surface area contributed by atoms with Crippen LogP contribution in [-0.2, 0) is 28.0 Å². The average Bonchev–Trinajstić information content (AvgIpc) is 2.35. The van der Waals surface area contributed by atoms with Crippen molar-refractivity contribution in [3.05, 3.63) is 35.4 Å². The summed E-state index contributed by atoms with van der Waals surface area (Å²) in [6, 6.07) is 7.90. The summed E-state index contributed by atoms with van der Waals surface area (Å²) in [6.45, 7) is 6.24. The second kappa shape index (κ2) is 5.20. The van der Waals surface area contributed by atoms with Crippen LogP contribution < -0.4 is 4.89 Å². The third-order valence-electron chi connectivity index (χ3n) is 2.89. The van der Waals surface area contributed by atoms with E-state index in [9.17, 15) is 8.42 Å². The molecule has 0 aliphatic carbocycles. The summed E-state index contributed by atoms with van der Waals surface area (Å²) in [5, 5.41) is 0. The van der Waals surface area contributed by atoms with Crippen molar-refractivity contribution in [1.29, 1.82) is 0 Å². The molecule has 1 N–H and O–H groups in total. The van der Waals surface area contributed by atoms with E-state index in [-0.39, 0.29) is 0 Å². The number of hydrogen-bond donors (Lipinski definition) is 1. The molecule has 0 radical (unpaired) electrons. The Kier molecular flexibility index (Phi) is 3.96. The van der Waals surface area contributed by atoms with Gasteiger partial charge in [0.05, 0.1) is 5.60 Å². The van der Waals surface area contributed by atoms with Gasteiger partial charge >= 0.3 is 10.2 Å². The van der Waals surface area contributed by atoms with Crippen LogP contribution in [0.3, 0.4) is 0 Å². The van der Waals surface area contributed by atoms with Crippen LogP contribution in [0.2, 0.25) is 0 Å². The number of nitrogens with zero attached hydrogens (tertiary/aromatic N) is 1. The van der Waals surface area contributed by atoms with Crippen molar-refractivity contribution < 1.29 is 13.3 Å². The Morgan fingerprint density at radius 3 is 2.47 bits per heavy atom. The summed E-state index contributed by atoms with van der Waals surface area (Å²) in [5.74, 6) is 0. The van der Waals surface area contributed by atoms with Gasteiger partial charge in [-0.05, 0) is 38.3 Å². The summed E-state index contributed by atoms with van der Waals surface area (Å²) in [7, 11) is -3.60. The Bertz CT molecular complexity index is 549. The maximum absolute atomic E-state index is 12.1. The van der Waals surface area contributed by atoms with Crippen molar-refractivity contribution in [2.75, 3.05) is 6.54 Å². The van der Waals surface area contributed by atoms with Crippen LogP contribution in [0.5, 0.6) is 0 Å². The van der Waals surface area contributed by atoms with Crippen LogP contribution in [-0.4, -0.2) is 24.9 Å². The molecule has 0 fully saturated rings. The zero-order valence-electron chi connectivity index (χ0n) is 11.5. The van der Waals surface area contributed by atoms with Gasteiger partial charge in [-0.15, -0.1) is 0 Å². The maximum atomic E-state index is 12.1. The summed E-state index contributed by atoms with van der Waals surface area (Å²) in [6.07, 6.45) is 0.729. The van der Waals surface area contributed by atoms with E-state index in [1.807, 2.05) is 24.3 Å². The highest BCUT2D eigenvalue weighted by molar-refractivity contribution is 7.86. The molecule has 0 aromatic heterocycles. The molecule has 0 amide bonds. The van der Waals surface area contributed by atoms with Crippen LogP contribution in [0.15, 0.2) is 24.3 Å². The first-order valence-electron chi connectivity index (χ1n) is 6.30. The third kappa shape index (κ3) is 3.76. The second-order valence-corrected chi connectivity index (χ2v) is 7.29. The van der Waals surface area contributed by atoms with Crippen LogP contribution in [0.25, 0.3) is 0 Å². The SMILES string of the molecule is CC(C)(C)ONS(=O)(=O)N1CCc2ccccc2C1. The van der Waals surface area contributed by atoms with E-state index in [1.165, 1.54) is 9.87 Å². The summed E-state index contributed by atoms with van der Waals surface area (Å²) in [4.78, 5) is 7.35. The normalized spacial score (nSPS) is 17.2. The van der Waals surface area contributed by atoms with Crippen LogP contribution >= 0.6 is 0 Å². The summed E-state index contributed by atoms with van der Waals surface area (Å²) in [5.41, 5.74) is 1.71. The third-order valence-corrected chi connectivity index (χ3v) is 4.17. The first-order chi connectivity index (χ1) is 8.78. The lowest BCUT2D eigenvalue weighted by atomic mass is 10.0. The Balaban J connectivity index is 2.08. The molecule has 1 aliphatic rings. The number of benzene rings is 1. The molecule has 5 nitrogen and oxygen atoms in total. The molecule has 0 unspecified atom stereocenters. The molecule has 6 heteroatoms. The molecule has 0 bridgehead atoms. The molecule has 1 aliphatic heterocycles. The van der Waals surface area contributed by atoms with Crippen molar-refractivity contribution in [1.82, 2.24) is 9.19 Å². The van der Waals surface area contributed by atoms with Gasteiger partial charge < -0.3 is 0 Å². The van der Waals surface area contributed by atoms with Crippen molar-refractivity contribution in [3.8, 4) is 0 Å². The Morgan fingerprint density at radius 2 is 1.84 bits per heavy atom. The van der Waals surface area contributed by atoms with Crippen LogP contribution in [0, 0.1) is 0 Å². The fourth-order valence-corrected chi connectivity index (χ4v) is 3.01. The van der Waals surface area contributed by atoms with E-state index in [4.69, 9.17) is 4.84 Å². The molecule has 0 saturated carbocycles. The number of hydrogen-bond acceptors (Lipinski definition) is 3. The Hall–Kier alpha value is -0.950. The first kappa shape index (κ1) is 14.5. The fourth-order valence-electron chi connectivity index (χ4n) is 1.91. The standard InChI is InChI=1S/C13H20N2O3S/c1-13(2,3)18-14-19(16,17)15-9-8-11-6-4-5-7-12(11)10-15/h4-7,14H,8-10H2,1-3H3. The first-order valence-corrected chi connectivity index (χ1v) is 7.74. The summed E-state index contributed by atoms with van der Waals surface area (Å²) < 4.78 is 25.7. The van der Waals surface area contributed by atoms with Gasteiger partial charge in [0.25, 0.3) is 0 Å².